The number of carbonyl (C=O) groups excluding carboxylic acids is 1. The molecule has 0 saturated heterocycles. The monoisotopic (exact) mass is 232 g/mol. The van der Waals surface area contributed by atoms with Crippen molar-refractivity contribution in [1.82, 2.24) is 0 Å². The number of aromatic hydroxyl groups is 1. The van der Waals surface area contributed by atoms with Crippen molar-refractivity contribution in [3.8, 4) is 5.75 Å². The second kappa shape index (κ2) is 3.86. The Morgan fingerprint density at radius 1 is 1.47 bits per heavy atom. The van der Waals surface area contributed by atoms with Gasteiger partial charge in [0.1, 0.15) is 11.6 Å². The Balaban J connectivity index is 3.53. The van der Waals surface area contributed by atoms with E-state index >= 15 is 0 Å². The summed E-state index contributed by atoms with van der Waals surface area (Å²) in [5.41, 5.74) is -0.864. The number of aliphatic carboxylic acids is 1. The molecule has 1 rings (SSSR count). The van der Waals surface area contributed by atoms with Crippen LogP contribution >= 0.6 is 11.6 Å². The number of hydrogen-bond acceptors (Lipinski definition) is 3. The van der Waals surface area contributed by atoms with Gasteiger partial charge in [-0.2, -0.15) is 0 Å². The summed E-state index contributed by atoms with van der Waals surface area (Å²) in [6.07, 6.45) is 0. The fourth-order valence-corrected chi connectivity index (χ4v) is 1.28. The molecule has 0 saturated carbocycles. The predicted octanol–water partition coefficient (Wildman–Crippen LogP) is 1.76. The van der Waals surface area contributed by atoms with Gasteiger partial charge in [-0.15, -0.1) is 0 Å². The molecule has 4 nitrogen and oxygen atoms in total. The van der Waals surface area contributed by atoms with Crippen LogP contribution in [0, 0.1) is 12.7 Å². The van der Waals surface area contributed by atoms with Crippen LogP contribution in [0.2, 0.25) is 5.02 Å². The van der Waals surface area contributed by atoms with Gasteiger partial charge in [0.25, 0.3) is 5.78 Å². The van der Waals surface area contributed by atoms with E-state index < -0.39 is 33.9 Å². The first-order chi connectivity index (χ1) is 6.86. The van der Waals surface area contributed by atoms with Crippen LogP contribution in [-0.2, 0) is 4.79 Å². The van der Waals surface area contributed by atoms with Gasteiger partial charge in [0, 0.05) is 0 Å². The standard InChI is InChI=1S/C9H6ClFO4/c1-3-5(11)2-4(10)7(12)6(3)8(13)9(14)15/h2,12H,1H3,(H,14,15). The third-order valence-corrected chi connectivity index (χ3v) is 2.16. The Kier molecular flexibility index (Phi) is 2.95. The van der Waals surface area contributed by atoms with Gasteiger partial charge in [-0.3, -0.25) is 4.79 Å². The minimum atomic E-state index is -1.78. The molecule has 0 heterocycles. The summed E-state index contributed by atoms with van der Waals surface area (Å²) in [5, 5.41) is 17.4. The Morgan fingerprint density at radius 3 is 2.47 bits per heavy atom. The minimum Gasteiger partial charge on any atom is -0.506 e. The van der Waals surface area contributed by atoms with E-state index in [1.165, 1.54) is 6.92 Å². The molecule has 0 fully saturated rings. The zero-order chi connectivity index (χ0) is 11.7. The van der Waals surface area contributed by atoms with E-state index in [0.29, 0.717) is 0 Å². The molecule has 2 N–H and O–H groups in total. The Morgan fingerprint density at radius 2 is 2.00 bits per heavy atom. The summed E-state index contributed by atoms with van der Waals surface area (Å²) in [5.74, 6) is -4.74. The Labute approximate surface area is 88.9 Å². The third kappa shape index (κ3) is 1.92. The normalized spacial score (nSPS) is 10.1. The van der Waals surface area contributed by atoms with E-state index in [-0.39, 0.29) is 5.56 Å². The molecule has 0 atom stereocenters. The number of ketones is 1. The minimum absolute atomic E-state index is 0.246. The van der Waals surface area contributed by atoms with Crippen LogP contribution < -0.4 is 0 Å². The van der Waals surface area contributed by atoms with Gasteiger partial charge in [0.15, 0.2) is 0 Å². The van der Waals surface area contributed by atoms with Crippen molar-refractivity contribution in [2.45, 2.75) is 6.92 Å². The number of carboxylic acid groups (broad SMARTS) is 1. The molecule has 0 aromatic heterocycles. The van der Waals surface area contributed by atoms with Gasteiger partial charge in [0.2, 0.25) is 0 Å². The number of Topliss-reactive ketones (excluding diaryl/α,β-unsaturated/α-hetero) is 1. The van der Waals surface area contributed by atoms with Crippen LogP contribution in [0.5, 0.6) is 5.75 Å². The molecule has 0 unspecified atom stereocenters. The Hall–Kier alpha value is -1.62. The quantitative estimate of drug-likeness (QED) is 0.602. The van der Waals surface area contributed by atoms with Crippen LogP contribution in [-0.4, -0.2) is 22.0 Å². The molecule has 0 bridgehead atoms. The van der Waals surface area contributed by atoms with Gasteiger partial charge in [-0.1, -0.05) is 11.6 Å². The van der Waals surface area contributed by atoms with Crippen molar-refractivity contribution >= 4 is 23.4 Å². The van der Waals surface area contributed by atoms with E-state index in [0.717, 1.165) is 6.07 Å². The fourth-order valence-electron chi connectivity index (χ4n) is 1.09. The number of carboxylic acids is 1. The van der Waals surface area contributed by atoms with Crippen molar-refractivity contribution in [2.24, 2.45) is 0 Å². The van der Waals surface area contributed by atoms with Crippen molar-refractivity contribution in [3.63, 3.8) is 0 Å². The number of carbonyl (C=O) groups is 2. The molecule has 1 aromatic carbocycles. The van der Waals surface area contributed by atoms with E-state index in [4.69, 9.17) is 16.7 Å². The van der Waals surface area contributed by atoms with Crippen LogP contribution in [0.25, 0.3) is 0 Å². The molecular weight excluding hydrogens is 227 g/mol. The first kappa shape index (κ1) is 11.5. The number of hydrogen-bond donors (Lipinski definition) is 2. The van der Waals surface area contributed by atoms with Gasteiger partial charge in [0.05, 0.1) is 10.6 Å². The lowest BCUT2D eigenvalue weighted by Gasteiger charge is -2.07. The maximum Gasteiger partial charge on any atom is 0.377 e. The number of benzene rings is 1. The van der Waals surface area contributed by atoms with Gasteiger partial charge >= 0.3 is 5.97 Å². The lowest BCUT2D eigenvalue weighted by atomic mass is 10.0. The average molecular weight is 233 g/mol. The summed E-state index contributed by atoms with van der Waals surface area (Å²) in [6, 6.07) is 0.810. The smallest absolute Gasteiger partial charge is 0.377 e. The van der Waals surface area contributed by atoms with Crippen LogP contribution in [0.15, 0.2) is 6.07 Å². The zero-order valence-electron chi connectivity index (χ0n) is 7.54. The van der Waals surface area contributed by atoms with Crippen molar-refractivity contribution in [1.29, 1.82) is 0 Å². The van der Waals surface area contributed by atoms with E-state index in [9.17, 15) is 19.1 Å². The van der Waals surface area contributed by atoms with Crippen molar-refractivity contribution in [2.75, 3.05) is 0 Å². The zero-order valence-corrected chi connectivity index (χ0v) is 8.30. The Bertz CT molecular complexity index is 430. The summed E-state index contributed by atoms with van der Waals surface area (Å²) in [7, 11) is 0. The molecule has 6 heteroatoms. The summed E-state index contributed by atoms with van der Waals surface area (Å²) in [6.45, 7) is 1.18. The topological polar surface area (TPSA) is 74.6 Å². The summed E-state index contributed by atoms with van der Waals surface area (Å²) < 4.78 is 13.1. The highest BCUT2D eigenvalue weighted by atomic mass is 35.5. The van der Waals surface area contributed by atoms with Crippen LogP contribution in [0.3, 0.4) is 0 Å². The molecule has 0 radical (unpaired) electrons. The van der Waals surface area contributed by atoms with Crippen molar-refractivity contribution < 1.29 is 24.2 Å². The lowest BCUT2D eigenvalue weighted by Crippen LogP contribution is -2.15. The molecule has 80 valence electrons. The maximum absolute atomic E-state index is 13.1. The molecule has 0 aliphatic carbocycles. The van der Waals surface area contributed by atoms with E-state index in [1.54, 1.807) is 0 Å². The molecule has 1 aromatic rings. The highest BCUT2D eigenvalue weighted by molar-refractivity contribution is 6.42. The second-order valence-electron chi connectivity index (χ2n) is 2.82. The van der Waals surface area contributed by atoms with E-state index in [2.05, 4.69) is 0 Å². The number of rotatable bonds is 2. The number of halogens is 2. The molecular formula is C9H6ClFO4. The number of phenols is 1. The predicted molar refractivity (Wildman–Crippen MR) is 49.8 cm³/mol. The summed E-state index contributed by atoms with van der Waals surface area (Å²) >= 11 is 5.40. The highest BCUT2D eigenvalue weighted by Crippen LogP contribution is 2.32. The average Bonchev–Trinajstić information content (AvgIpc) is 2.15. The van der Waals surface area contributed by atoms with Gasteiger partial charge in [-0.05, 0) is 18.6 Å². The lowest BCUT2D eigenvalue weighted by molar-refractivity contribution is -0.131. The van der Waals surface area contributed by atoms with Gasteiger partial charge in [-0.25, -0.2) is 9.18 Å². The van der Waals surface area contributed by atoms with Crippen LogP contribution in [0.4, 0.5) is 4.39 Å². The fraction of sp³-hybridized carbons (Fsp3) is 0.111. The second-order valence-corrected chi connectivity index (χ2v) is 3.23. The molecule has 0 spiro atoms. The first-order valence-corrected chi connectivity index (χ1v) is 4.19. The largest absolute Gasteiger partial charge is 0.506 e. The molecule has 15 heavy (non-hydrogen) atoms. The molecule has 0 aliphatic rings. The van der Waals surface area contributed by atoms with Crippen LogP contribution in [0.1, 0.15) is 15.9 Å². The van der Waals surface area contributed by atoms with E-state index in [1.807, 2.05) is 0 Å². The molecule has 0 aliphatic heterocycles. The SMILES string of the molecule is Cc1c(F)cc(Cl)c(O)c1C(=O)C(=O)O. The van der Waals surface area contributed by atoms with Gasteiger partial charge < -0.3 is 10.2 Å². The first-order valence-electron chi connectivity index (χ1n) is 3.81. The highest BCUT2D eigenvalue weighted by Gasteiger charge is 2.24. The van der Waals surface area contributed by atoms with Crippen molar-refractivity contribution in [3.05, 3.63) is 28.0 Å². The third-order valence-electron chi connectivity index (χ3n) is 1.87. The molecule has 0 amide bonds. The maximum atomic E-state index is 13.1. The number of phenolic OH excluding ortho intramolecular Hbond substituents is 1. The summed E-state index contributed by atoms with van der Waals surface area (Å²) in [4.78, 5) is 21.5.